The number of nitrogens with two attached hydrogens (primary N) is 1. The van der Waals surface area contributed by atoms with E-state index in [0.717, 1.165) is 15.7 Å². The summed E-state index contributed by atoms with van der Waals surface area (Å²) < 4.78 is 0.838. The average Bonchev–Trinajstić information content (AvgIpc) is 2.40. The summed E-state index contributed by atoms with van der Waals surface area (Å²) in [4.78, 5) is 15.1. The molecule has 1 aromatic carbocycles. The molecule has 2 aromatic rings. The van der Waals surface area contributed by atoms with E-state index in [2.05, 4.69) is 26.2 Å². The van der Waals surface area contributed by atoms with Crippen LogP contribution >= 0.6 is 27.5 Å². The lowest BCUT2D eigenvalue weighted by atomic mass is 10.1. The summed E-state index contributed by atoms with van der Waals surface area (Å²) in [6.45, 7) is 0.527. The smallest absolute Gasteiger partial charge is 0.248 e. The minimum atomic E-state index is -0.441. The lowest BCUT2D eigenvalue weighted by Gasteiger charge is -2.09. The first-order chi connectivity index (χ1) is 9.06. The highest BCUT2D eigenvalue weighted by molar-refractivity contribution is 9.10. The van der Waals surface area contributed by atoms with Gasteiger partial charge in [-0.25, -0.2) is 4.98 Å². The lowest BCUT2D eigenvalue weighted by Crippen LogP contribution is -2.11. The Kier molecular flexibility index (Phi) is 4.39. The highest BCUT2D eigenvalue weighted by Gasteiger charge is 2.04. The Hall–Kier alpha value is -1.59. The molecule has 0 aliphatic rings. The van der Waals surface area contributed by atoms with Gasteiger partial charge in [0.25, 0.3) is 0 Å². The molecule has 0 atom stereocenters. The van der Waals surface area contributed by atoms with Crippen molar-refractivity contribution < 1.29 is 4.79 Å². The van der Waals surface area contributed by atoms with Gasteiger partial charge < -0.3 is 11.1 Å². The average molecular weight is 341 g/mol. The Morgan fingerprint density at radius 2 is 2.21 bits per heavy atom. The van der Waals surface area contributed by atoms with Gasteiger partial charge in [-0.1, -0.05) is 23.7 Å². The minimum absolute atomic E-state index is 0.397. The summed E-state index contributed by atoms with van der Waals surface area (Å²) >= 11 is 9.31. The van der Waals surface area contributed by atoms with E-state index in [1.165, 1.54) is 0 Å². The van der Waals surface area contributed by atoms with E-state index in [4.69, 9.17) is 17.3 Å². The van der Waals surface area contributed by atoms with Crippen molar-refractivity contribution in [1.29, 1.82) is 0 Å². The molecule has 0 unspecified atom stereocenters. The van der Waals surface area contributed by atoms with Crippen molar-refractivity contribution in [2.45, 2.75) is 6.54 Å². The van der Waals surface area contributed by atoms with Gasteiger partial charge in [0.2, 0.25) is 5.91 Å². The quantitative estimate of drug-likeness (QED) is 0.840. The summed E-state index contributed by atoms with van der Waals surface area (Å²) in [6.07, 6.45) is 1.63. The molecule has 0 aliphatic carbocycles. The number of hydrogen-bond acceptors (Lipinski definition) is 3. The van der Waals surface area contributed by atoms with Gasteiger partial charge in [0.05, 0.1) is 5.69 Å². The van der Waals surface area contributed by atoms with Gasteiger partial charge in [-0.2, -0.15) is 0 Å². The van der Waals surface area contributed by atoms with E-state index >= 15 is 0 Å². The molecular formula is C13H11BrClN3O. The predicted molar refractivity (Wildman–Crippen MR) is 79.2 cm³/mol. The van der Waals surface area contributed by atoms with Crippen LogP contribution in [0, 0.1) is 0 Å². The van der Waals surface area contributed by atoms with Crippen LogP contribution in [0.3, 0.4) is 0 Å². The molecule has 2 rings (SSSR count). The fourth-order valence-corrected chi connectivity index (χ4v) is 2.08. The normalized spacial score (nSPS) is 10.2. The molecule has 3 N–H and O–H groups in total. The van der Waals surface area contributed by atoms with E-state index in [-0.39, 0.29) is 0 Å². The highest BCUT2D eigenvalue weighted by Crippen LogP contribution is 2.23. The zero-order valence-electron chi connectivity index (χ0n) is 9.86. The second-order valence-electron chi connectivity index (χ2n) is 3.91. The summed E-state index contributed by atoms with van der Waals surface area (Å²) in [6, 6.07) is 8.96. The molecule has 0 radical (unpaired) electrons. The number of anilines is 1. The van der Waals surface area contributed by atoms with Crippen LogP contribution in [0.15, 0.2) is 41.0 Å². The van der Waals surface area contributed by atoms with Crippen LogP contribution in [0.4, 0.5) is 5.69 Å². The first-order valence-corrected chi connectivity index (χ1v) is 6.67. The number of hydrogen-bond donors (Lipinski definition) is 2. The van der Waals surface area contributed by atoms with Crippen molar-refractivity contribution in [1.82, 2.24) is 4.98 Å². The highest BCUT2D eigenvalue weighted by atomic mass is 79.9. The van der Waals surface area contributed by atoms with E-state index in [9.17, 15) is 4.79 Å². The molecule has 0 spiro atoms. The van der Waals surface area contributed by atoms with Gasteiger partial charge in [0.1, 0.15) is 0 Å². The van der Waals surface area contributed by atoms with Crippen LogP contribution in [-0.2, 0) is 6.54 Å². The number of nitrogens with one attached hydrogen (secondary N) is 1. The number of halogens is 2. The molecule has 19 heavy (non-hydrogen) atoms. The van der Waals surface area contributed by atoms with Gasteiger partial charge in [-0.05, 0) is 39.7 Å². The van der Waals surface area contributed by atoms with Crippen LogP contribution in [0.1, 0.15) is 15.9 Å². The van der Waals surface area contributed by atoms with Crippen molar-refractivity contribution >= 4 is 39.1 Å². The standard InChI is InChI=1S/C13H11BrClN3O/c14-10-5-11(12(15)18-7-10)17-6-8-2-1-3-9(4-8)13(16)19/h1-5,7,17H,6H2,(H2,16,19). The molecule has 1 heterocycles. The lowest BCUT2D eigenvalue weighted by molar-refractivity contribution is 0.1000. The molecule has 0 bridgehead atoms. The third-order valence-corrected chi connectivity index (χ3v) is 3.24. The third-order valence-electron chi connectivity index (χ3n) is 2.50. The number of primary amides is 1. The summed E-state index contributed by atoms with van der Waals surface area (Å²) in [5, 5.41) is 3.56. The van der Waals surface area contributed by atoms with Crippen LogP contribution in [0.25, 0.3) is 0 Å². The molecule has 0 fully saturated rings. The molecule has 98 valence electrons. The Labute approximate surface area is 124 Å². The molecule has 0 saturated carbocycles. The Morgan fingerprint density at radius 3 is 2.95 bits per heavy atom. The molecule has 0 aliphatic heterocycles. The number of nitrogens with zero attached hydrogens (tertiary/aromatic N) is 1. The van der Waals surface area contributed by atoms with Crippen molar-refractivity contribution in [2.24, 2.45) is 5.73 Å². The minimum Gasteiger partial charge on any atom is -0.378 e. The van der Waals surface area contributed by atoms with E-state index in [0.29, 0.717) is 17.3 Å². The topological polar surface area (TPSA) is 68.0 Å². The molecule has 1 amide bonds. The SMILES string of the molecule is NC(=O)c1cccc(CNc2cc(Br)cnc2Cl)c1. The second-order valence-corrected chi connectivity index (χ2v) is 5.18. The largest absolute Gasteiger partial charge is 0.378 e. The van der Waals surface area contributed by atoms with E-state index < -0.39 is 5.91 Å². The fourth-order valence-electron chi connectivity index (χ4n) is 1.58. The van der Waals surface area contributed by atoms with Gasteiger partial charge >= 0.3 is 0 Å². The van der Waals surface area contributed by atoms with Crippen molar-refractivity contribution in [3.8, 4) is 0 Å². The van der Waals surface area contributed by atoms with E-state index in [1.54, 1.807) is 24.4 Å². The van der Waals surface area contributed by atoms with Crippen molar-refractivity contribution in [3.05, 3.63) is 57.3 Å². The maximum atomic E-state index is 11.1. The van der Waals surface area contributed by atoms with E-state index in [1.807, 2.05) is 12.1 Å². The Bertz CT molecular complexity index is 619. The molecule has 1 aromatic heterocycles. The van der Waals surface area contributed by atoms with Gasteiger partial charge in [-0.3, -0.25) is 4.79 Å². The van der Waals surface area contributed by atoms with Gasteiger partial charge in [0, 0.05) is 22.8 Å². The monoisotopic (exact) mass is 339 g/mol. The Balaban J connectivity index is 2.12. The number of benzene rings is 1. The van der Waals surface area contributed by atoms with Crippen molar-refractivity contribution in [2.75, 3.05) is 5.32 Å². The number of carbonyl (C=O) groups is 1. The zero-order valence-corrected chi connectivity index (χ0v) is 12.2. The summed E-state index contributed by atoms with van der Waals surface area (Å²) in [5.74, 6) is -0.441. The van der Waals surface area contributed by atoms with Crippen molar-refractivity contribution in [3.63, 3.8) is 0 Å². The maximum Gasteiger partial charge on any atom is 0.248 e. The van der Waals surface area contributed by atoms with Gasteiger partial charge in [0.15, 0.2) is 5.15 Å². The molecular weight excluding hydrogens is 330 g/mol. The first kappa shape index (κ1) is 13.8. The number of carbonyl (C=O) groups excluding carboxylic acids is 1. The van der Waals surface area contributed by atoms with Crippen LogP contribution in [0.5, 0.6) is 0 Å². The number of amides is 1. The number of rotatable bonds is 4. The van der Waals surface area contributed by atoms with Gasteiger partial charge in [-0.15, -0.1) is 0 Å². The second kappa shape index (κ2) is 6.04. The predicted octanol–water partition coefficient (Wildman–Crippen LogP) is 3.21. The number of aromatic nitrogens is 1. The molecule has 4 nitrogen and oxygen atoms in total. The Morgan fingerprint density at radius 1 is 1.42 bits per heavy atom. The van der Waals surface area contributed by atoms with Crippen LogP contribution in [0.2, 0.25) is 5.15 Å². The molecule has 6 heteroatoms. The number of pyridine rings is 1. The maximum absolute atomic E-state index is 11.1. The van der Waals surface area contributed by atoms with Crippen LogP contribution < -0.4 is 11.1 Å². The molecule has 0 saturated heterocycles. The summed E-state index contributed by atoms with van der Waals surface area (Å²) in [5.41, 5.74) is 7.38. The zero-order chi connectivity index (χ0) is 13.8. The first-order valence-electron chi connectivity index (χ1n) is 5.50. The van der Waals surface area contributed by atoms with Crippen LogP contribution in [-0.4, -0.2) is 10.9 Å². The summed E-state index contributed by atoms with van der Waals surface area (Å²) in [7, 11) is 0. The third kappa shape index (κ3) is 3.68. The fraction of sp³-hybridized carbons (Fsp3) is 0.0769.